The van der Waals surface area contributed by atoms with Crippen LogP contribution in [0.15, 0.2) is 59.5 Å². The van der Waals surface area contributed by atoms with E-state index in [-0.39, 0.29) is 11.8 Å². The summed E-state index contributed by atoms with van der Waals surface area (Å²) >= 11 is 0. The molecule has 0 amide bonds. The average Bonchev–Trinajstić information content (AvgIpc) is 2.62. The summed E-state index contributed by atoms with van der Waals surface area (Å²) in [5, 5.41) is 3.59. The molecular weight excluding hydrogens is 294 g/mol. The van der Waals surface area contributed by atoms with Gasteiger partial charge in [0.05, 0.1) is 16.7 Å². The highest BCUT2D eigenvalue weighted by Crippen LogP contribution is 2.35. The van der Waals surface area contributed by atoms with Crippen LogP contribution in [-0.2, 0) is 9.84 Å². The van der Waals surface area contributed by atoms with E-state index >= 15 is 0 Å². The van der Waals surface area contributed by atoms with Gasteiger partial charge < -0.3 is 0 Å². The molecule has 3 rings (SSSR count). The van der Waals surface area contributed by atoms with Gasteiger partial charge in [-0.1, -0.05) is 55.5 Å². The quantitative estimate of drug-likeness (QED) is 0.924. The summed E-state index contributed by atoms with van der Waals surface area (Å²) in [4.78, 5) is 0.452. The van der Waals surface area contributed by atoms with Crippen LogP contribution in [0, 0.1) is 0 Å². The molecule has 1 aliphatic rings. The van der Waals surface area contributed by atoms with Crippen LogP contribution in [0.2, 0.25) is 0 Å². The molecule has 1 N–H and O–H groups in total. The van der Waals surface area contributed by atoms with E-state index in [2.05, 4.69) is 5.32 Å². The monoisotopic (exact) mass is 315 g/mol. The summed E-state index contributed by atoms with van der Waals surface area (Å²) in [7, 11) is -3.30. The summed E-state index contributed by atoms with van der Waals surface area (Å²) in [6.45, 7) is 4.02. The Labute approximate surface area is 132 Å². The number of sulfone groups is 1. The lowest BCUT2D eigenvalue weighted by molar-refractivity contribution is 0.353. The van der Waals surface area contributed by atoms with Gasteiger partial charge in [0.2, 0.25) is 0 Å². The molecule has 116 valence electrons. The summed E-state index contributed by atoms with van der Waals surface area (Å²) in [6, 6.07) is 17.3. The van der Waals surface area contributed by atoms with Crippen LogP contribution in [0.3, 0.4) is 0 Å². The van der Waals surface area contributed by atoms with Crippen LogP contribution in [-0.4, -0.2) is 19.7 Å². The first kappa shape index (κ1) is 15.3. The lowest BCUT2D eigenvalue weighted by Gasteiger charge is -2.31. The fourth-order valence-corrected chi connectivity index (χ4v) is 5.19. The largest absolute Gasteiger partial charge is 0.300 e. The Bertz CT molecular complexity index is 771. The van der Waals surface area contributed by atoms with Crippen LogP contribution in [0.1, 0.15) is 37.4 Å². The van der Waals surface area contributed by atoms with Crippen molar-refractivity contribution in [1.82, 2.24) is 5.32 Å². The SMILES string of the molecule is CCC1(C)CS(=O)(=O)c2ccccc2C(c2ccccc2)N1. The molecule has 2 atom stereocenters. The second kappa shape index (κ2) is 5.52. The maximum Gasteiger partial charge on any atom is 0.180 e. The molecule has 22 heavy (non-hydrogen) atoms. The Hall–Kier alpha value is -1.65. The van der Waals surface area contributed by atoms with Gasteiger partial charge in [-0.2, -0.15) is 0 Å². The van der Waals surface area contributed by atoms with E-state index in [1.807, 2.05) is 56.3 Å². The highest BCUT2D eigenvalue weighted by Gasteiger charge is 2.38. The normalized spacial score (nSPS) is 26.9. The van der Waals surface area contributed by atoms with Gasteiger partial charge in [-0.25, -0.2) is 8.42 Å². The first-order valence-corrected chi connectivity index (χ1v) is 9.25. The van der Waals surface area contributed by atoms with Crippen LogP contribution in [0.25, 0.3) is 0 Å². The molecule has 0 saturated carbocycles. The average molecular weight is 315 g/mol. The molecule has 0 fully saturated rings. The van der Waals surface area contributed by atoms with E-state index < -0.39 is 15.4 Å². The number of hydrogen-bond acceptors (Lipinski definition) is 3. The van der Waals surface area contributed by atoms with E-state index in [0.29, 0.717) is 4.90 Å². The van der Waals surface area contributed by atoms with Gasteiger partial charge >= 0.3 is 0 Å². The highest BCUT2D eigenvalue weighted by atomic mass is 32.2. The van der Waals surface area contributed by atoms with Gasteiger partial charge in [0.1, 0.15) is 0 Å². The smallest absolute Gasteiger partial charge is 0.180 e. The molecule has 0 aliphatic carbocycles. The fourth-order valence-electron chi connectivity index (χ4n) is 3.08. The Kier molecular flexibility index (Phi) is 3.83. The molecule has 0 saturated heterocycles. The molecule has 0 radical (unpaired) electrons. The summed E-state index contributed by atoms with van der Waals surface area (Å²) < 4.78 is 25.6. The van der Waals surface area contributed by atoms with Crippen molar-refractivity contribution >= 4 is 9.84 Å². The molecule has 2 unspecified atom stereocenters. The minimum atomic E-state index is -3.30. The maximum absolute atomic E-state index is 12.8. The van der Waals surface area contributed by atoms with E-state index in [0.717, 1.165) is 17.5 Å². The van der Waals surface area contributed by atoms with Crippen molar-refractivity contribution in [3.63, 3.8) is 0 Å². The van der Waals surface area contributed by atoms with Gasteiger partial charge in [-0.3, -0.25) is 5.32 Å². The van der Waals surface area contributed by atoms with E-state index in [1.165, 1.54) is 0 Å². The van der Waals surface area contributed by atoms with Crippen molar-refractivity contribution in [2.45, 2.75) is 36.7 Å². The highest BCUT2D eigenvalue weighted by molar-refractivity contribution is 7.91. The molecule has 0 aromatic heterocycles. The number of rotatable bonds is 2. The predicted molar refractivity (Wildman–Crippen MR) is 88.6 cm³/mol. The molecule has 0 bridgehead atoms. The Morgan fingerprint density at radius 1 is 1.09 bits per heavy atom. The van der Waals surface area contributed by atoms with Crippen molar-refractivity contribution in [1.29, 1.82) is 0 Å². The molecular formula is C18H21NO2S. The number of hydrogen-bond donors (Lipinski definition) is 1. The molecule has 3 nitrogen and oxygen atoms in total. The van der Waals surface area contributed by atoms with Gasteiger partial charge in [-0.05, 0) is 30.5 Å². The zero-order chi connectivity index (χ0) is 15.8. The zero-order valence-electron chi connectivity index (χ0n) is 12.9. The zero-order valence-corrected chi connectivity index (χ0v) is 13.7. The third-order valence-electron chi connectivity index (χ3n) is 4.48. The minimum Gasteiger partial charge on any atom is -0.300 e. The first-order chi connectivity index (χ1) is 10.5. The first-order valence-electron chi connectivity index (χ1n) is 7.59. The third kappa shape index (κ3) is 2.69. The maximum atomic E-state index is 12.8. The van der Waals surface area contributed by atoms with Crippen molar-refractivity contribution < 1.29 is 8.42 Å². The molecule has 4 heteroatoms. The molecule has 0 spiro atoms. The van der Waals surface area contributed by atoms with E-state index in [1.54, 1.807) is 12.1 Å². The summed E-state index contributed by atoms with van der Waals surface area (Å²) in [5.74, 6) is 0.122. The molecule has 1 heterocycles. The van der Waals surface area contributed by atoms with Crippen molar-refractivity contribution in [2.24, 2.45) is 0 Å². The van der Waals surface area contributed by atoms with Gasteiger partial charge in [0.25, 0.3) is 0 Å². The van der Waals surface area contributed by atoms with Crippen molar-refractivity contribution in [2.75, 3.05) is 5.75 Å². The molecule has 2 aromatic carbocycles. The minimum absolute atomic E-state index is 0.111. The summed E-state index contributed by atoms with van der Waals surface area (Å²) in [5.41, 5.74) is 1.48. The van der Waals surface area contributed by atoms with E-state index in [9.17, 15) is 8.42 Å². The lowest BCUT2D eigenvalue weighted by atomic mass is 9.93. The Morgan fingerprint density at radius 2 is 1.73 bits per heavy atom. The topological polar surface area (TPSA) is 46.2 Å². The second-order valence-corrected chi connectivity index (χ2v) is 8.16. The Morgan fingerprint density at radius 3 is 2.41 bits per heavy atom. The number of benzene rings is 2. The van der Waals surface area contributed by atoms with Gasteiger partial charge in [0, 0.05) is 5.54 Å². The van der Waals surface area contributed by atoms with Crippen molar-refractivity contribution in [3.05, 3.63) is 65.7 Å². The Balaban J connectivity index is 2.23. The number of nitrogens with one attached hydrogen (secondary N) is 1. The van der Waals surface area contributed by atoms with Gasteiger partial charge in [-0.15, -0.1) is 0 Å². The fraction of sp³-hybridized carbons (Fsp3) is 0.333. The van der Waals surface area contributed by atoms with Crippen molar-refractivity contribution in [3.8, 4) is 0 Å². The van der Waals surface area contributed by atoms with Crippen LogP contribution >= 0.6 is 0 Å². The second-order valence-electron chi connectivity index (χ2n) is 6.20. The van der Waals surface area contributed by atoms with Gasteiger partial charge in [0.15, 0.2) is 9.84 Å². The number of fused-ring (bicyclic) bond motifs is 1. The van der Waals surface area contributed by atoms with Crippen LogP contribution in [0.5, 0.6) is 0 Å². The summed E-state index contributed by atoms with van der Waals surface area (Å²) in [6.07, 6.45) is 0.754. The molecule has 2 aromatic rings. The van der Waals surface area contributed by atoms with E-state index in [4.69, 9.17) is 0 Å². The van der Waals surface area contributed by atoms with Crippen LogP contribution in [0.4, 0.5) is 0 Å². The third-order valence-corrected chi connectivity index (χ3v) is 6.54. The predicted octanol–water partition coefficient (Wildman–Crippen LogP) is 3.32. The van der Waals surface area contributed by atoms with Crippen LogP contribution < -0.4 is 5.32 Å². The molecule has 1 aliphatic heterocycles. The lowest BCUT2D eigenvalue weighted by Crippen LogP contribution is -2.47. The standard InChI is InChI=1S/C18H21NO2S/c1-3-18(2)13-22(20,21)16-12-8-7-11-15(16)17(19-18)14-9-5-4-6-10-14/h4-12,17,19H,3,13H2,1-2H3.